The van der Waals surface area contributed by atoms with Crippen molar-refractivity contribution in [1.82, 2.24) is 9.78 Å². The smallest absolute Gasteiger partial charge is 0.340 e. The van der Waals surface area contributed by atoms with Crippen molar-refractivity contribution in [2.75, 3.05) is 30.9 Å². The molecular weight excluding hydrogens is 398 g/mol. The molecule has 8 heteroatoms. The number of rotatable bonds is 5. The third-order valence-electron chi connectivity index (χ3n) is 4.81. The van der Waals surface area contributed by atoms with E-state index in [0.717, 1.165) is 29.9 Å². The fraction of sp³-hybridized carbons (Fsp3) is 0.450. The van der Waals surface area contributed by atoms with Crippen molar-refractivity contribution in [1.29, 1.82) is 0 Å². The van der Waals surface area contributed by atoms with Crippen LogP contribution in [-0.2, 0) is 4.74 Å². The number of anilines is 1. The van der Waals surface area contributed by atoms with Crippen molar-refractivity contribution in [3.63, 3.8) is 0 Å². The molecule has 2 aromatic rings. The zero-order valence-electron chi connectivity index (χ0n) is 16.1. The molecule has 150 valence electrons. The highest BCUT2D eigenvalue weighted by atomic mass is 35.5. The average Bonchev–Trinajstić information content (AvgIpc) is 2.95. The molecule has 0 spiro atoms. The van der Waals surface area contributed by atoms with Crippen LogP contribution < -0.4 is 10.5 Å². The molecule has 28 heavy (non-hydrogen) atoms. The minimum atomic E-state index is -0.531. The van der Waals surface area contributed by atoms with Crippen LogP contribution in [0.1, 0.15) is 36.5 Å². The molecule has 0 amide bonds. The van der Waals surface area contributed by atoms with Gasteiger partial charge in [-0.1, -0.05) is 37.1 Å². The van der Waals surface area contributed by atoms with Crippen molar-refractivity contribution in [2.24, 2.45) is 0 Å². The molecule has 1 saturated heterocycles. The molecule has 0 radical (unpaired) electrons. The zero-order valence-corrected chi connectivity index (χ0v) is 17.6. The van der Waals surface area contributed by atoms with Gasteiger partial charge in [-0.05, 0) is 30.7 Å². The first-order chi connectivity index (χ1) is 13.6. The fourth-order valence-corrected chi connectivity index (χ4v) is 4.79. The highest BCUT2D eigenvalue weighted by Gasteiger charge is 2.23. The van der Waals surface area contributed by atoms with Crippen LogP contribution in [0, 0.1) is 0 Å². The molecule has 2 heterocycles. The number of thioether (sulfide) groups is 1. The Balaban J connectivity index is 1.99. The molecule has 1 aromatic heterocycles. The topological polar surface area (TPSA) is 64.4 Å². The first-order valence-electron chi connectivity index (χ1n) is 9.39. The van der Waals surface area contributed by atoms with Gasteiger partial charge in [-0.25, -0.2) is 4.79 Å². The van der Waals surface area contributed by atoms with Crippen LogP contribution in [0.3, 0.4) is 0 Å². The number of carbonyl (C=O) groups is 1. The number of hydrogen-bond donors (Lipinski definition) is 0. The molecule has 1 aliphatic rings. The molecule has 1 fully saturated rings. The lowest BCUT2D eigenvalue weighted by atomic mass is 10.2. The van der Waals surface area contributed by atoms with Gasteiger partial charge in [0.25, 0.3) is 5.56 Å². The van der Waals surface area contributed by atoms with Crippen molar-refractivity contribution < 1.29 is 9.53 Å². The van der Waals surface area contributed by atoms with E-state index in [4.69, 9.17) is 16.3 Å². The first kappa shape index (κ1) is 20.7. The molecule has 0 saturated carbocycles. The lowest BCUT2D eigenvalue weighted by Crippen LogP contribution is -2.33. The summed E-state index contributed by atoms with van der Waals surface area (Å²) >= 11 is 8.43. The highest BCUT2D eigenvalue weighted by Crippen LogP contribution is 2.29. The summed E-state index contributed by atoms with van der Waals surface area (Å²) in [5, 5.41) is 4.97. The summed E-state index contributed by atoms with van der Waals surface area (Å²) in [4.78, 5) is 27.2. The van der Waals surface area contributed by atoms with Crippen molar-refractivity contribution in [3.8, 4) is 5.69 Å². The molecule has 0 aliphatic carbocycles. The monoisotopic (exact) mass is 421 g/mol. The predicted octanol–water partition coefficient (Wildman–Crippen LogP) is 3.78. The minimum absolute atomic E-state index is 0.122. The molecule has 0 bridgehead atoms. The Morgan fingerprint density at radius 2 is 2.11 bits per heavy atom. The number of nitrogens with zero attached hydrogens (tertiary/aromatic N) is 3. The summed E-state index contributed by atoms with van der Waals surface area (Å²) in [5.41, 5.74) is 0.821. The van der Waals surface area contributed by atoms with E-state index in [9.17, 15) is 9.59 Å². The van der Waals surface area contributed by atoms with E-state index < -0.39 is 11.5 Å². The average molecular weight is 422 g/mol. The number of methoxy groups -OCH3 is 1. The summed E-state index contributed by atoms with van der Waals surface area (Å²) < 4.78 is 5.97. The third-order valence-corrected chi connectivity index (χ3v) is 6.35. The number of ether oxygens (including phenoxy) is 1. The predicted molar refractivity (Wildman–Crippen MR) is 114 cm³/mol. The van der Waals surface area contributed by atoms with Crippen molar-refractivity contribution in [2.45, 2.75) is 31.4 Å². The van der Waals surface area contributed by atoms with Crippen molar-refractivity contribution in [3.05, 3.63) is 51.4 Å². The molecular formula is C20H24ClN3O3S. The summed E-state index contributed by atoms with van der Waals surface area (Å²) in [6.07, 6.45) is 5.02. The van der Waals surface area contributed by atoms with Gasteiger partial charge in [0.2, 0.25) is 0 Å². The summed E-state index contributed by atoms with van der Waals surface area (Å²) in [6.45, 7) is 3.86. The summed E-state index contributed by atoms with van der Waals surface area (Å²) in [7, 11) is 1.30. The Morgan fingerprint density at radius 1 is 1.32 bits per heavy atom. The Hall–Kier alpha value is -1.99. The minimum Gasteiger partial charge on any atom is -0.465 e. The van der Waals surface area contributed by atoms with Gasteiger partial charge in [-0.2, -0.15) is 21.5 Å². The van der Waals surface area contributed by atoms with Crippen LogP contribution in [0.25, 0.3) is 5.69 Å². The number of esters is 1. The second kappa shape index (κ2) is 9.47. The molecule has 3 rings (SSSR count). The maximum atomic E-state index is 13.0. The number of benzene rings is 1. The van der Waals surface area contributed by atoms with Gasteiger partial charge in [-0.3, -0.25) is 4.79 Å². The maximum Gasteiger partial charge on any atom is 0.340 e. The second-order valence-electron chi connectivity index (χ2n) is 6.59. The molecule has 1 aromatic carbocycles. The standard InChI is InChI=1S/C20H24ClN3O3S/c1-3-28-14-8-6-7-11-23(13-14)17-12-22-24(19(25)18(17)21)16-10-5-4-9-15(16)20(26)27-2/h4-5,9-10,12,14H,3,6-8,11,13H2,1-2H3. The van der Waals surface area contributed by atoms with Gasteiger partial charge < -0.3 is 9.64 Å². The number of para-hydroxylation sites is 1. The molecule has 0 N–H and O–H groups in total. The van der Waals surface area contributed by atoms with E-state index in [1.165, 1.54) is 20.0 Å². The van der Waals surface area contributed by atoms with Crippen LogP contribution in [0.15, 0.2) is 35.3 Å². The van der Waals surface area contributed by atoms with Crippen LogP contribution in [0.4, 0.5) is 5.69 Å². The van der Waals surface area contributed by atoms with Gasteiger partial charge in [0, 0.05) is 18.3 Å². The molecule has 6 nitrogen and oxygen atoms in total. The van der Waals surface area contributed by atoms with Gasteiger partial charge in [0.05, 0.1) is 30.2 Å². The Bertz CT molecular complexity index is 903. The van der Waals surface area contributed by atoms with Gasteiger partial charge >= 0.3 is 5.97 Å². The number of aromatic nitrogens is 2. The third kappa shape index (κ3) is 4.36. The van der Waals surface area contributed by atoms with Crippen LogP contribution >= 0.6 is 23.4 Å². The second-order valence-corrected chi connectivity index (χ2v) is 8.54. The normalized spacial score (nSPS) is 17.2. The van der Waals surface area contributed by atoms with Gasteiger partial charge in [0.15, 0.2) is 0 Å². The van der Waals surface area contributed by atoms with Crippen LogP contribution in [0.5, 0.6) is 0 Å². The number of halogens is 1. The number of hydrogen-bond acceptors (Lipinski definition) is 6. The largest absolute Gasteiger partial charge is 0.465 e. The van der Waals surface area contributed by atoms with E-state index >= 15 is 0 Å². The highest BCUT2D eigenvalue weighted by molar-refractivity contribution is 7.99. The maximum absolute atomic E-state index is 13.0. The van der Waals surface area contributed by atoms with E-state index in [1.54, 1.807) is 30.5 Å². The van der Waals surface area contributed by atoms with Gasteiger partial charge in [-0.15, -0.1) is 0 Å². The van der Waals surface area contributed by atoms with E-state index in [0.29, 0.717) is 16.6 Å². The van der Waals surface area contributed by atoms with Gasteiger partial charge in [0.1, 0.15) is 5.02 Å². The molecule has 1 atom stereocenters. The van der Waals surface area contributed by atoms with Crippen LogP contribution in [-0.4, -0.2) is 47.0 Å². The van der Waals surface area contributed by atoms with Crippen LogP contribution in [0.2, 0.25) is 5.02 Å². The Kier molecular flexibility index (Phi) is 7.02. The lowest BCUT2D eigenvalue weighted by molar-refractivity contribution is 0.0600. The quantitative estimate of drug-likeness (QED) is 0.684. The zero-order chi connectivity index (χ0) is 20.1. The summed E-state index contributed by atoms with van der Waals surface area (Å²) in [6, 6.07) is 6.69. The SMILES string of the molecule is CCSC1CCCCN(c2cnn(-c3ccccc3C(=O)OC)c(=O)c2Cl)C1. The summed E-state index contributed by atoms with van der Waals surface area (Å²) in [5.74, 6) is 0.535. The van der Waals surface area contributed by atoms with E-state index in [2.05, 4.69) is 16.9 Å². The van der Waals surface area contributed by atoms with Crippen molar-refractivity contribution >= 4 is 35.0 Å². The molecule has 1 aliphatic heterocycles. The van der Waals surface area contributed by atoms with E-state index in [-0.39, 0.29) is 10.6 Å². The first-order valence-corrected chi connectivity index (χ1v) is 10.8. The Labute approximate surface area is 173 Å². The molecule has 1 unspecified atom stereocenters. The number of carbonyl (C=O) groups excluding carboxylic acids is 1. The Morgan fingerprint density at radius 3 is 2.86 bits per heavy atom. The van der Waals surface area contributed by atoms with E-state index in [1.807, 2.05) is 11.8 Å². The lowest BCUT2D eigenvalue weighted by Gasteiger charge is -2.26. The fourth-order valence-electron chi connectivity index (χ4n) is 3.45.